The predicted molar refractivity (Wildman–Crippen MR) is 15.3 cm³/mol. The summed E-state index contributed by atoms with van der Waals surface area (Å²) in [5.41, 5.74) is 0. The van der Waals surface area contributed by atoms with Crippen LogP contribution < -0.4 is 0 Å². The maximum Gasteiger partial charge on any atom is 0.0554 e. The number of rotatable bonds is 0. The zero-order valence-electron chi connectivity index (χ0n) is 1.72. The van der Waals surface area contributed by atoms with Crippen LogP contribution in [0.25, 0.3) is 0 Å². The maximum absolute atomic E-state index is 5.77. The van der Waals surface area contributed by atoms with Crippen molar-refractivity contribution in [1.82, 2.24) is 0 Å². The molecular weight excluding hydrogens is 117 g/mol. The molecule has 4 heavy (non-hydrogen) atoms. The van der Waals surface area contributed by atoms with Crippen molar-refractivity contribution in [1.29, 1.82) is 5.41 Å². The molecule has 1 nitrogen and oxygen atoms in total. The van der Waals surface area contributed by atoms with E-state index in [0.717, 1.165) is 0 Å². The zero-order valence-corrected chi connectivity index (χ0v) is 3.53. The van der Waals surface area contributed by atoms with Crippen LogP contribution in [0.5, 0.6) is 0 Å². The van der Waals surface area contributed by atoms with Crippen molar-refractivity contribution in [2.75, 3.05) is 0 Å². The molecule has 0 radical (unpaired) electrons. The molecule has 0 heterocycles. The summed E-state index contributed by atoms with van der Waals surface area (Å²) in [6.45, 7) is 0. The van der Waals surface area contributed by atoms with Crippen molar-refractivity contribution in [2.24, 2.45) is 0 Å². The van der Waals surface area contributed by atoms with E-state index >= 15 is 0 Å². The summed E-state index contributed by atoms with van der Waals surface area (Å²) in [6.07, 6.45) is 0. The first-order chi connectivity index (χ1) is 1.41. The molecule has 0 aliphatic rings. The summed E-state index contributed by atoms with van der Waals surface area (Å²) in [5.74, 6) is 0. The minimum Gasteiger partial charge on any atom is -0.248 e. The molecule has 0 aromatic rings. The summed E-state index contributed by atoms with van der Waals surface area (Å²) in [7, 11) is 0. The standard InChI is InChI=1S/CHNS.Ni/c2-1-3;/h2H;. The van der Waals surface area contributed by atoms with Gasteiger partial charge in [0.05, 0.1) is 5.16 Å². The van der Waals surface area contributed by atoms with Crippen LogP contribution in [0.3, 0.4) is 0 Å². The predicted octanol–water partition coefficient (Wildman–Crippen LogP) is 0.665. The molecule has 0 aliphatic heterocycles. The number of hydrogen-bond donors (Lipinski definition) is 1. The number of isothiocyanates is 1. The van der Waals surface area contributed by atoms with Gasteiger partial charge in [-0.25, -0.2) is 5.41 Å². The molecule has 0 bridgehead atoms. The molecule has 1 N–H and O–H groups in total. The summed E-state index contributed by atoms with van der Waals surface area (Å²) < 4.78 is 0. The maximum atomic E-state index is 5.77. The summed E-state index contributed by atoms with van der Waals surface area (Å²) in [4.78, 5) is 0. The van der Waals surface area contributed by atoms with E-state index < -0.39 is 0 Å². The molecule has 0 aromatic carbocycles. The van der Waals surface area contributed by atoms with Gasteiger partial charge in [-0.1, -0.05) is 0 Å². The van der Waals surface area contributed by atoms with Gasteiger partial charge in [-0.05, 0) is 12.2 Å². The summed E-state index contributed by atoms with van der Waals surface area (Å²) >= 11 is 3.81. The number of thiocarbonyl (C=S) groups is 1. The van der Waals surface area contributed by atoms with Crippen LogP contribution in [0.4, 0.5) is 0 Å². The molecule has 0 saturated carbocycles. The third kappa shape index (κ3) is 44.5. The number of nitrogens with one attached hydrogen (secondary N) is 1. The normalized spacial score (nSPS) is 2.00. The van der Waals surface area contributed by atoms with Crippen molar-refractivity contribution >= 4 is 17.4 Å². The van der Waals surface area contributed by atoms with Crippen LogP contribution in [0.2, 0.25) is 0 Å². The van der Waals surface area contributed by atoms with Gasteiger partial charge in [0, 0.05) is 16.5 Å². The molecule has 0 amide bonds. The molecule has 0 aromatic heterocycles. The van der Waals surface area contributed by atoms with Gasteiger partial charge < -0.3 is 0 Å². The molecule has 0 unspecified atom stereocenters. The van der Waals surface area contributed by atoms with E-state index in [9.17, 15) is 0 Å². The molecule has 0 saturated heterocycles. The van der Waals surface area contributed by atoms with Crippen LogP contribution in [0, 0.1) is 5.41 Å². The van der Waals surface area contributed by atoms with Gasteiger partial charge in [-0.15, -0.1) is 0 Å². The Bertz CT molecular complexity index is 29.0. The fraction of sp³-hybridized carbons (Fsp3) is 0. The van der Waals surface area contributed by atoms with Gasteiger partial charge in [0.15, 0.2) is 0 Å². The van der Waals surface area contributed by atoms with Gasteiger partial charge in [0.25, 0.3) is 0 Å². The van der Waals surface area contributed by atoms with E-state index in [1.807, 2.05) is 0 Å². The van der Waals surface area contributed by atoms with Crippen LogP contribution in [-0.4, -0.2) is 5.16 Å². The van der Waals surface area contributed by atoms with Gasteiger partial charge in [-0.2, -0.15) is 0 Å². The minimum absolute atomic E-state index is 0. The first kappa shape index (κ1) is 8.85. The summed E-state index contributed by atoms with van der Waals surface area (Å²) in [6, 6.07) is 0. The molecule has 0 fully saturated rings. The average Bonchev–Trinajstić information content (AvgIpc) is 0.918. The Labute approximate surface area is 39.8 Å². The third-order valence-corrected chi connectivity index (χ3v) is 0. The van der Waals surface area contributed by atoms with E-state index in [1.54, 1.807) is 5.16 Å². The summed E-state index contributed by atoms with van der Waals surface area (Å²) in [5, 5.41) is 7.36. The Morgan fingerprint density at radius 1 is 1.75 bits per heavy atom. The Balaban J connectivity index is 0. The second kappa shape index (κ2) is 10.4. The molecule has 0 rings (SSSR count). The molecule has 0 atom stereocenters. The Hall–Kier alpha value is 0.294. The van der Waals surface area contributed by atoms with E-state index in [4.69, 9.17) is 5.41 Å². The van der Waals surface area contributed by atoms with Crippen molar-refractivity contribution in [2.45, 2.75) is 0 Å². The molecule has 0 spiro atoms. The van der Waals surface area contributed by atoms with Crippen molar-refractivity contribution in [3.05, 3.63) is 0 Å². The Kier molecular flexibility index (Phi) is 22.9. The Morgan fingerprint density at radius 2 is 1.75 bits per heavy atom. The largest absolute Gasteiger partial charge is 0.248 e. The fourth-order valence-electron chi connectivity index (χ4n) is 0. The Morgan fingerprint density at radius 3 is 1.75 bits per heavy atom. The van der Waals surface area contributed by atoms with E-state index in [1.165, 1.54) is 0 Å². The second-order valence-corrected chi connectivity index (χ2v) is 0.306. The monoisotopic (exact) mass is 117 g/mol. The third-order valence-electron chi connectivity index (χ3n) is 0. The van der Waals surface area contributed by atoms with Crippen LogP contribution in [-0.2, 0) is 16.5 Å². The smallest absolute Gasteiger partial charge is 0.0554 e. The number of hydrogen-bond acceptors (Lipinski definition) is 2. The van der Waals surface area contributed by atoms with E-state index in [2.05, 4.69) is 12.2 Å². The molecular formula is CHNNiS. The van der Waals surface area contributed by atoms with E-state index in [-0.39, 0.29) is 16.5 Å². The molecule has 26 valence electrons. The molecule has 0 aliphatic carbocycles. The SMILES string of the molecule is N=C=S.[Ni]. The van der Waals surface area contributed by atoms with Crippen molar-refractivity contribution in [3.8, 4) is 0 Å². The van der Waals surface area contributed by atoms with Gasteiger partial charge >= 0.3 is 0 Å². The first-order valence-electron chi connectivity index (χ1n) is 0.454. The van der Waals surface area contributed by atoms with Gasteiger partial charge in [0.2, 0.25) is 0 Å². The first-order valence-corrected chi connectivity index (χ1v) is 0.862. The van der Waals surface area contributed by atoms with Gasteiger partial charge in [-0.3, -0.25) is 0 Å². The van der Waals surface area contributed by atoms with Crippen molar-refractivity contribution < 1.29 is 16.5 Å². The quantitative estimate of drug-likeness (QED) is 0.282. The fourth-order valence-corrected chi connectivity index (χ4v) is 0. The second-order valence-electron chi connectivity index (χ2n) is 0.102. The molecule has 3 heteroatoms. The van der Waals surface area contributed by atoms with Gasteiger partial charge in [0.1, 0.15) is 0 Å². The zero-order chi connectivity index (χ0) is 2.71. The van der Waals surface area contributed by atoms with Crippen LogP contribution >= 0.6 is 12.2 Å². The topological polar surface area (TPSA) is 23.9 Å². The van der Waals surface area contributed by atoms with Crippen LogP contribution in [0.15, 0.2) is 0 Å². The van der Waals surface area contributed by atoms with Crippen molar-refractivity contribution in [3.63, 3.8) is 0 Å². The van der Waals surface area contributed by atoms with Crippen LogP contribution in [0.1, 0.15) is 0 Å². The van der Waals surface area contributed by atoms with E-state index in [0.29, 0.717) is 0 Å². The minimum atomic E-state index is 0. The average molecular weight is 118 g/mol.